The van der Waals surface area contributed by atoms with Crippen molar-refractivity contribution in [1.29, 1.82) is 0 Å². The Balaban J connectivity index is 2.48. The molecule has 1 aromatic carbocycles. The van der Waals surface area contributed by atoms with Crippen LogP contribution in [0.1, 0.15) is 12.8 Å². The fraction of sp³-hybridized carbons (Fsp3) is 0.500. The van der Waals surface area contributed by atoms with Gasteiger partial charge in [-0.3, -0.25) is 0 Å². The molecule has 1 heterocycles. The van der Waals surface area contributed by atoms with Gasteiger partial charge in [-0.15, -0.1) is 0 Å². The lowest BCUT2D eigenvalue weighted by atomic mass is 10.2. The molecule has 1 N–H and O–H groups in total. The van der Waals surface area contributed by atoms with E-state index in [4.69, 9.17) is 0 Å². The van der Waals surface area contributed by atoms with E-state index >= 15 is 0 Å². The Morgan fingerprint density at radius 1 is 1.37 bits per heavy atom. The van der Waals surface area contributed by atoms with Gasteiger partial charge in [0.2, 0.25) is 9.84 Å². The van der Waals surface area contributed by atoms with Crippen molar-refractivity contribution in [3.63, 3.8) is 0 Å². The van der Waals surface area contributed by atoms with E-state index in [1.54, 1.807) is 11.0 Å². The Kier molecular flexibility index (Phi) is 4.05. The first-order valence-corrected chi connectivity index (χ1v) is 7.51. The van der Waals surface area contributed by atoms with Gasteiger partial charge in [-0.05, 0) is 25.0 Å². The summed E-state index contributed by atoms with van der Waals surface area (Å²) in [4.78, 5) is 1.32. The fourth-order valence-corrected chi connectivity index (χ4v) is 3.31. The second-order valence-corrected chi connectivity index (χ2v) is 6.33. The number of anilines is 1. The maximum Gasteiger partial charge on any atom is 0.341 e. The lowest BCUT2D eigenvalue weighted by molar-refractivity contribution is 0.234. The standard InChI is InChI=1S/C12H15F2NO3S/c13-12(14)19(17,18)11-6-2-1-5-10(11)15-7-3-4-9(15)8-16/h1-2,5-6,9,12,16H,3-4,7-8H2. The molecule has 0 spiro atoms. The summed E-state index contributed by atoms with van der Waals surface area (Å²) < 4.78 is 48.7. The van der Waals surface area contributed by atoms with Crippen LogP contribution in [0.25, 0.3) is 0 Å². The third kappa shape index (κ3) is 2.57. The minimum atomic E-state index is -4.63. The van der Waals surface area contributed by atoms with Crippen molar-refractivity contribution in [2.75, 3.05) is 18.1 Å². The van der Waals surface area contributed by atoms with Crippen molar-refractivity contribution < 1.29 is 22.3 Å². The number of aliphatic hydroxyl groups excluding tert-OH is 1. The number of benzene rings is 1. The Morgan fingerprint density at radius 2 is 2.05 bits per heavy atom. The summed E-state index contributed by atoms with van der Waals surface area (Å²) in [5.74, 6) is -3.44. The SMILES string of the molecule is O=S(=O)(c1ccccc1N1CCCC1CO)C(F)F. The topological polar surface area (TPSA) is 57.6 Å². The van der Waals surface area contributed by atoms with Gasteiger partial charge in [-0.1, -0.05) is 12.1 Å². The van der Waals surface area contributed by atoms with E-state index < -0.39 is 15.6 Å². The number of rotatable bonds is 4. The number of sulfone groups is 1. The zero-order valence-corrected chi connectivity index (χ0v) is 11.0. The molecule has 1 fully saturated rings. The van der Waals surface area contributed by atoms with Gasteiger partial charge in [-0.25, -0.2) is 8.42 Å². The predicted molar refractivity (Wildman–Crippen MR) is 67.1 cm³/mol. The molecule has 0 aromatic heterocycles. The van der Waals surface area contributed by atoms with Crippen molar-refractivity contribution in [2.24, 2.45) is 0 Å². The average molecular weight is 291 g/mol. The Bertz CT molecular complexity index is 548. The van der Waals surface area contributed by atoms with Crippen LogP contribution in [0, 0.1) is 0 Å². The zero-order valence-electron chi connectivity index (χ0n) is 10.2. The summed E-state index contributed by atoms with van der Waals surface area (Å²) in [6.45, 7) is 0.435. The summed E-state index contributed by atoms with van der Waals surface area (Å²) >= 11 is 0. The molecular weight excluding hydrogens is 276 g/mol. The maximum absolute atomic E-state index is 12.7. The van der Waals surface area contributed by atoms with Gasteiger partial charge in [0.1, 0.15) is 0 Å². The van der Waals surface area contributed by atoms with Crippen LogP contribution in [0.4, 0.5) is 14.5 Å². The summed E-state index contributed by atoms with van der Waals surface area (Å²) in [6.07, 6.45) is 1.52. The molecule has 1 aliphatic heterocycles. The van der Waals surface area contributed by atoms with Gasteiger partial charge < -0.3 is 10.0 Å². The first-order valence-electron chi connectivity index (χ1n) is 5.97. The Morgan fingerprint density at radius 3 is 2.68 bits per heavy atom. The van der Waals surface area contributed by atoms with Gasteiger partial charge in [0.25, 0.3) is 0 Å². The number of aliphatic hydroxyl groups is 1. The van der Waals surface area contributed by atoms with Gasteiger partial charge in [0.15, 0.2) is 0 Å². The number of alkyl halides is 2. The molecule has 1 unspecified atom stereocenters. The summed E-state index contributed by atoms with van der Waals surface area (Å²) in [7, 11) is -4.63. The molecule has 0 radical (unpaired) electrons. The van der Waals surface area contributed by atoms with Crippen molar-refractivity contribution in [2.45, 2.75) is 29.5 Å². The van der Waals surface area contributed by atoms with Crippen LogP contribution in [-0.2, 0) is 9.84 Å². The van der Waals surface area contributed by atoms with E-state index in [-0.39, 0.29) is 23.2 Å². The highest BCUT2D eigenvalue weighted by Crippen LogP contribution is 2.33. The van der Waals surface area contributed by atoms with Crippen molar-refractivity contribution in [3.05, 3.63) is 24.3 Å². The molecule has 1 aromatic rings. The lowest BCUT2D eigenvalue weighted by Gasteiger charge is -2.27. The quantitative estimate of drug-likeness (QED) is 0.916. The average Bonchev–Trinajstić information content (AvgIpc) is 2.86. The van der Waals surface area contributed by atoms with Crippen LogP contribution in [0.15, 0.2) is 29.2 Å². The Labute approximate surface area is 110 Å². The molecule has 0 amide bonds. The largest absolute Gasteiger partial charge is 0.394 e. The molecule has 106 valence electrons. The second kappa shape index (κ2) is 5.42. The van der Waals surface area contributed by atoms with E-state index in [0.29, 0.717) is 6.54 Å². The minimum Gasteiger partial charge on any atom is -0.394 e. The summed E-state index contributed by atoms with van der Waals surface area (Å²) in [6, 6.07) is 5.50. The van der Waals surface area contributed by atoms with Crippen LogP contribution < -0.4 is 4.90 Å². The molecule has 0 saturated carbocycles. The van der Waals surface area contributed by atoms with Crippen LogP contribution in [0.5, 0.6) is 0 Å². The van der Waals surface area contributed by atoms with E-state index in [0.717, 1.165) is 12.8 Å². The van der Waals surface area contributed by atoms with Gasteiger partial charge in [-0.2, -0.15) is 8.78 Å². The highest BCUT2D eigenvalue weighted by molar-refractivity contribution is 7.91. The monoisotopic (exact) mass is 291 g/mol. The summed E-state index contributed by atoms with van der Waals surface area (Å²) in [5.41, 5.74) is 0.249. The van der Waals surface area contributed by atoms with Crippen molar-refractivity contribution >= 4 is 15.5 Å². The fourth-order valence-electron chi connectivity index (χ4n) is 2.37. The molecule has 1 aliphatic rings. The molecule has 1 atom stereocenters. The van der Waals surface area contributed by atoms with E-state index in [1.807, 2.05) is 0 Å². The molecular formula is C12H15F2NO3S. The normalized spacial score (nSPS) is 20.2. The highest BCUT2D eigenvalue weighted by Gasteiger charge is 2.33. The van der Waals surface area contributed by atoms with E-state index in [1.165, 1.54) is 18.2 Å². The number of nitrogens with zero attached hydrogens (tertiary/aromatic N) is 1. The third-order valence-electron chi connectivity index (χ3n) is 3.30. The minimum absolute atomic E-state index is 0.122. The van der Waals surface area contributed by atoms with E-state index in [9.17, 15) is 22.3 Å². The predicted octanol–water partition coefficient (Wildman–Crippen LogP) is 1.64. The van der Waals surface area contributed by atoms with Gasteiger partial charge >= 0.3 is 5.76 Å². The molecule has 0 aliphatic carbocycles. The van der Waals surface area contributed by atoms with Crippen LogP contribution in [0.2, 0.25) is 0 Å². The number of para-hydroxylation sites is 1. The number of hydrogen-bond donors (Lipinski definition) is 1. The molecule has 19 heavy (non-hydrogen) atoms. The van der Waals surface area contributed by atoms with Crippen LogP contribution in [-0.4, -0.2) is 38.5 Å². The number of halogens is 2. The zero-order chi connectivity index (χ0) is 14.0. The van der Waals surface area contributed by atoms with Gasteiger partial charge in [0.05, 0.1) is 23.2 Å². The molecule has 0 bridgehead atoms. The van der Waals surface area contributed by atoms with Crippen molar-refractivity contribution in [3.8, 4) is 0 Å². The molecule has 7 heteroatoms. The first-order chi connectivity index (χ1) is 8.98. The van der Waals surface area contributed by atoms with E-state index in [2.05, 4.69) is 0 Å². The molecule has 1 saturated heterocycles. The lowest BCUT2D eigenvalue weighted by Crippen LogP contribution is -2.33. The Hall–Kier alpha value is -1.21. The highest BCUT2D eigenvalue weighted by atomic mass is 32.2. The number of hydrogen-bond acceptors (Lipinski definition) is 4. The van der Waals surface area contributed by atoms with Crippen molar-refractivity contribution in [1.82, 2.24) is 0 Å². The smallest absolute Gasteiger partial charge is 0.341 e. The van der Waals surface area contributed by atoms with Gasteiger partial charge in [0, 0.05) is 6.54 Å². The molecule has 4 nitrogen and oxygen atoms in total. The molecule has 2 rings (SSSR count). The second-order valence-electron chi connectivity index (χ2n) is 4.45. The third-order valence-corrected chi connectivity index (χ3v) is 4.73. The van der Waals surface area contributed by atoms with Crippen LogP contribution in [0.3, 0.4) is 0 Å². The maximum atomic E-state index is 12.7. The first kappa shape index (κ1) is 14.2. The summed E-state index contributed by atoms with van der Waals surface area (Å²) in [5, 5.41) is 9.26. The van der Waals surface area contributed by atoms with Crippen LogP contribution >= 0.6 is 0 Å².